The Hall–Kier alpha value is -2.01. The fraction of sp³-hybridized carbons (Fsp3) is 0.300. The van der Waals surface area contributed by atoms with Crippen molar-refractivity contribution in [1.82, 2.24) is 19.2 Å². The molecule has 2 aromatic carbocycles. The van der Waals surface area contributed by atoms with Crippen LogP contribution in [0.3, 0.4) is 0 Å². The van der Waals surface area contributed by atoms with Crippen LogP contribution in [0.1, 0.15) is 19.4 Å². The zero-order chi connectivity index (χ0) is 21.7. The lowest BCUT2D eigenvalue weighted by molar-refractivity contribution is 0.445. The molecule has 1 heterocycles. The monoisotopic (exact) mass is 463 g/mol. The van der Waals surface area contributed by atoms with E-state index in [2.05, 4.69) is 34.5 Å². The fourth-order valence-electron chi connectivity index (χ4n) is 2.95. The van der Waals surface area contributed by atoms with Crippen LogP contribution in [-0.2, 0) is 15.8 Å². The van der Waals surface area contributed by atoms with Gasteiger partial charge in [0.2, 0.25) is 15.2 Å². The van der Waals surface area contributed by atoms with Crippen molar-refractivity contribution >= 4 is 33.5 Å². The predicted molar refractivity (Wildman–Crippen MR) is 123 cm³/mol. The number of sulfonamides is 1. The summed E-state index contributed by atoms with van der Waals surface area (Å²) in [6, 6.07) is 15.0. The van der Waals surface area contributed by atoms with Crippen LogP contribution in [0.2, 0.25) is 0 Å². The molecule has 3 rings (SSSR count). The van der Waals surface area contributed by atoms with Gasteiger partial charge >= 0.3 is 0 Å². The van der Waals surface area contributed by atoms with Gasteiger partial charge in [-0.05, 0) is 36.1 Å². The lowest BCUT2D eigenvalue weighted by Gasteiger charge is -2.18. The lowest BCUT2D eigenvalue weighted by Crippen LogP contribution is -2.30. The molecule has 0 spiro atoms. The highest BCUT2D eigenvalue weighted by molar-refractivity contribution is 7.98. The summed E-state index contributed by atoms with van der Waals surface area (Å²) in [4.78, 5) is 1.43. The summed E-state index contributed by atoms with van der Waals surface area (Å²) < 4.78 is 28.5. The van der Waals surface area contributed by atoms with E-state index in [-0.39, 0.29) is 4.90 Å². The third-order valence-corrected chi connectivity index (χ3v) is 8.43. The zero-order valence-corrected chi connectivity index (χ0v) is 19.6. The molecule has 30 heavy (non-hydrogen) atoms. The van der Waals surface area contributed by atoms with E-state index in [1.165, 1.54) is 25.6 Å². The summed E-state index contributed by atoms with van der Waals surface area (Å²) in [6.07, 6.45) is 2.05. The highest BCUT2D eigenvalue weighted by atomic mass is 32.2. The summed E-state index contributed by atoms with van der Waals surface area (Å²) in [7, 11) is -3.56. The zero-order valence-electron chi connectivity index (χ0n) is 17.1. The first-order valence-corrected chi connectivity index (χ1v) is 13.1. The Balaban J connectivity index is 1.81. The molecule has 0 radical (unpaired) electrons. The molecule has 2 N–H and O–H groups in total. The van der Waals surface area contributed by atoms with E-state index in [0.29, 0.717) is 35.4 Å². The van der Waals surface area contributed by atoms with E-state index in [9.17, 15) is 8.42 Å². The van der Waals surface area contributed by atoms with Gasteiger partial charge < -0.3 is 5.84 Å². The molecule has 0 fully saturated rings. The van der Waals surface area contributed by atoms with Crippen LogP contribution in [0.5, 0.6) is 0 Å². The van der Waals surface area contributed by atoms with E-state index >= 15 is 0 Å². The maximum absolute atomic E-state index is 12.8. The van der Waals surface area contributed by atoms with Crippen LogP contribution in [0.25, 0.3) is 11.4 Å². The number of aromatic nitrogens is 3. The number of nitrogen functional groups attached to an aromatic ring is 1. The maximum Gasteiger partial charge on any atom is 0.243 e. The van der Waals surface area contributed by atoms with Crippen molar-refractivity contribution in [3.05, 3.63) is 54.1 Å². The third kappa shape index (κ3) is 4.83. The summed E-state index contributed by atoms with van der Waals surface area (Å²) in [5.74, 6) is 7.36. The smallest absolute Gasteiger partial charge is 0.243 e. The minimum Gasteiger partial charge on any atom is -0.335 e. The number of thioether (sulfide) groups is 2. The average Bonchev–Trinajstić information content (AvgIpc) is 3.13. The topological polar surface area (TPSA) is 94.1 Å². The van der Waals surface area contributed by atoms with E-state index in [0.717, 1.165) is 5.56 Å². The molecule has 0 atom stereocenters. The quantitative estimate of drug-likeness (QED) is 0.382. The standard InChI is InChI=1S/C20H25N5O2S3/c1-4-24(5-2)30(26,27)18-8-6-7-16(13-18)19-22-23-20(25(19)21)29-14-15-9-11-17(28-3)12-10-15/h6-13H,4-5,14,21H2,1-3H3. The molecule has 1 aromatic heterocycles. The molecule has 160 valence electrons. The lowest BCUT2D eigenvalue weighted by atomic mass is 10.2. The summed E-state index contributed by atoms with van der Waals surface area (Å²) in [5, 5.41) is 8.94. The van der Waals surface area contributed by atoms with Gasteiger partial charge in [-0.2, -0.15) is 4.31 Å². The van der Waals surface area contributed by atoms with Crippen molar-refractivity contribution in [2.24, 2.45) is 0 Å². The van der Waals surface area contributed by atoms with E-state index < -0.39 is 10.0 Å². The molecular formula is C20H25N5O2S3. The Labute approximate surface area is 186 Å². The fourth-order valence-corrected chi connectivity index (χ4v) is 5.68. The largest absolute Gasteiger partial charge is 0.335 e. The summed E-state index contributed by atoms with van der Waals surface area (Å²) in [6.45, 7) is 4.46. The molecule has 7 nitrogen and oxygen atoms in total. The van der Waals surface area contributed by atoms with Gasteiger partial charge in [-0.15, -0.1) is 22.0 Å². The van der Waals surface area contributed by atoms with E-state index in [4.69, 9.17) is 5.84 Å². The first-order valence-electron chi connectivity index (χ1n) is 9.47. The minimum absolute atomic E-state index is 0.217. The van der Waals surface area contributed by atoms with Crippen LogP contribution in [0.4, 0.5) is 0 Å². The molecular weight excluding hydrogens is 438 g/mol. The van der Waals surface area contributed by atoms with Crippen LogP contribution >= 0.6 is 23.5 Å². The Morgan fingerprint density at radius 1 is 1.07 bits per heavy atom. The molecule has 3 aromatic rings. The van der Waals surface area contributed by atoms with E-state index in [1.54, 1.807) is 36.0 Å². The molecule has 0 aliphatic carbocycles. The number of rotatable bonds is 9. The number of hydrogen-bond acceptors (Lipinski definition) is 7. The molecule has 0 saturated carbocycles. The second-order valence-electron chi connectivity index (χ2n) is 6.43. The van der Waals surface area contributed by atoms with Crippen LogP contribution in [0.15, 0.2) is 63.5 Å². The first kappa shape index (κ1) is 22.7. The maximum atomic E-state index is 12.8. The van der Waals surface area contributed by atoms with Crippen molar-refractivity contribution in [2.45, 2.75) is 34.5 Å². The average molecular weight is 464 g/mol. The second-order valence-corrected chi connectivity index (χ2v) is 10.2. The SMILES string of the molecule is CCN(CC)S(=O)(=O)c1cccc(-c2nnc(SCc3ccc(SC)cc3)n2N)c1. The van der Waals surface area contributed by atoms with Crippen LogP contribution < -0.4 is 5.84 Å². The van der Waals surface area contributed by atoms with Crippen LogP contribution in [-0.4, -0.2) is 46.9 Å². The summed E-state index contributed by atoms with van der Waals surface area (Å²) >= 11 is 3.19. The van der Waals surface area contributed by atoms with Gasteiger partial charge in [-0.3, -0.25) is 0 Å². The molecule has 0 bridgehead atoms. The number of hydrogen-bond donors (Lipinski definition) is 1. The van der Waals surface area contributed by atoms with Crippen molar-refractivity contribution < 1.29 is 8.42 Å². The normalized spacial score (nSPS) is 11.9. The highest BCUT2D eigenvalue weighted by Crippen LogP contribution is 2.27. The second kappa shape index (κ2) is 9.86. The molecule has 0 unspecified atom stereocenters. The number of nitrogens with zero attached hydrogens (tertiary/aromatic N) is 4. The van der Waals surface area contributed by atoms with Crippen molar-refractivity contribution in [3.63, 3.8) is 0 Å². The van der Waals surface area contributed by atoms with Gasteiger partial charge in [0.1, 0.15) is 0 Å². The molecule has 0 aliphatic rings. The van der Waals surface area contributed by atoms with Crippen LogP contribution in [0, 0.1) is 0 Å². The van der Waals surface area contributed by atoms with Gasteiger partial charge in [0.05, 0.1) is 4.90 Å². The third-order valence-electron chi connectivity index (χ3n) is 4.63. The summed E-state index contributed by atoms with van der Waals surface area (Å²) in [5.41, 5.74) is 1.77. The Bertz CT molecular complexity index is 1090. The number of nitrogens with two attached hydrogens (primary N) is 1. The first-order chi connectivity index (χ1) is 14.4. The molecule has 0 aliphatic heterocycles. The highest BCUT2D eigenvalue weighted by Gasteiger charge is 2.23. The van der Waals surface area contributed by atoms with Gasteiger partial charge in [0, 0.05) is 29.3 Å². The predicted octanol–water partition coefficient (Wildman–Crippen LogP) is 3.70. The molecule has 0 saturated heterocycles. The van der Waals surface area contributed by atoms with E-state index in [1.807, 2.05) is 20.1 Å². The van der Waals surface area contributed by atoms with Crippen molar-refractivity contribution in [2.75, 3.05) is 25.2 Å². The Morgan fingerprint density at radius 2 is 1.77 bits per heavy atom. The van der Waals surface area contributed by atoms with Crippen molar-refractivity contribution in [3.8, 4) is 11.4 Å². The number of benzene rings is 2. The van der Waals surface area contributed by atoms with Gasteiger partial charge in [-0.1, -0.05) is 49.9 Å². The van der Waals surface area contributed by atoms with Gasteiger partial charge in [-0.25, -0.2) is 13.1 Å². The van der Waals surface area contributed by atoms with Crippen molar-refractivity contribution in [1.29, 1.82) is 0 Å². The van der Waals surface area contributed by atoms with Gasteiger partial charge in [0.15, 0.2) is 5.82 Å². The Kier molecular flexibility index (Phi) is 7.45. The minimum atomic E-state index is -3.56. The van der Waals surface area contributed by atoms with Gasteiger partial charge in [0.25, 0.3) is 0 Å². The molecule has 0 amide bonds. The Morgan fingerprint density at radius 3 is 2.40 bits per heavy atom. The molecule has 10 heteroatoms.